The van der Waals surface area contributed by atoms with Gasteiger partial charge in [0, 0.05) is 16.3 Å². The van der Waals surface area contributed by atoms with Crippen molar-refractivity contribution in [3.63, 3.8) is 0 Å². The highest BCUT2D eigenvalue weighted by Crippen LogP contribution is 2.44. The van der Waals surface area contributed by atoms with E-state index in [1.807, 2.05) is 60.7 Å². The molecule has 0 aliphatic heterocycles. The molecule has 0 spiro atoms. The van der Waals surface area contributed by atoms with Gasteiger partial charge in [0.2, 0.25) is 0 Å². The van der Waals surface area contributed by atoms with Crippen LogP contribution in [-0.4, -0.2) is 0 Å². The van der Waals surface area contributed by atoms with Gasteiger partial charge in [-0.15, -0.1) is 0 Å². The van der Waals surface area contributed by atoms with E-state index in [1.54, 1.807) is 12.1 Å². The van der Waals surface area contributed by atoms with Gasteiger partial charge in [-0.2, -0.15) is 0 Å². The van der Waals surface area contributed by atoms with Gasteiger partial charge in [0.25, 0.3) is 0 Å². The number of hydrogen-bond acceptors (Lipinski definition) is 1. The van der Waals surface area contributed by atoms with Crippen LogP contribution >= 0.6 is 0 Å². The summed E-state index contributed by atoms with van der Waals surface area (Å²) in [4.78, 5) is 0. The molecule has 0 aliphatic rings. The van der Waals surface area contributed by atoms with Crippen LogP contribution in [0.2, 0.25) is 0 Å². The quantitative estimate of drug-likeness (QED) is 0.175. The molecule has 0 radical (unpaired) electrons. The van der Waals surface area contributed by atoms with Crippen molar-refractivity contribution in [3.05, 3.63) is 182 Å². The average molecular weight is 636 g/mol. The fourth-order valence-electron chi connectivity index (χ4n) is 6.93. The van der Waals surface area contributed by atoms with E-state index in [0.717, 1.165) is 49.4 Å². The number of fused-ring (bicyclic) bond motifs is 6. The van der Waals surface area contributed by atoms with Crippen LogP contribution in [0.5, 0.6) is 0 Å². The largest absolute Gasteiger partial charge is 0.455 e. The second kappa shape index (κ2) is 11.1. The Balaban J connectivity index is 1.21. The van der Waals surface area contributed by atoms with E-state index in [0.29, 0.717) is 11.1 Å². The van der Waals surface area contributed by atoms with Crippen molar-refractivity contribution in [2.24, 2.45) is 0 Å². The highest BCUT2D eigenvalue weighted by Gasteiger charge is 2.17. The van der Waals surface area contributed by atoms with E-state index in [9.17, 15) is 2.74 Å². The predicted octanol–water partition coefficient (Wildman–Crippen LogP) is 13.7. The lowest BCUT2D eigenvalue weighted by Crippen LogP contribution is -1.90. The zero-order valence-corrected chi connectivity index (χ0v) is 25.7. The second-order valence-electron chi connectivity index (χ2n) is 11.9. The average Bonchev–Trinajstić information content (AvgIpc) is 3.67. The Kier molecular flexibility index (Phi) is 3.99. The molecule has 228 valence electrons. The van der Waals surface area contributed by atoms with Crippen LogP contribution in [0.3, 0.4) is 0 Å². The molecule has 0 aliphatic carbocycles. The molecule has 1 heteroatoms. The van der Waals surface area contributed by atoms with Gasteiger partial charge in [-0.3, -0.25) is 0 Å². The smallest absolute Gasteiger partial charge is 0.143 e. The Morgan fingerprint density at radius 1 is 0.367 bits per heavy atom. The standard InChI is InChI=1S/C48H30O/c1-2-12-33(13-3-1)46-39-15-6-8-17-41(39)47(42-18-9-7-16-40(42)46)34-24-21-32(22-25-34)36-27-28-45-44(30-36)43-20-10-19-38(48(43)49-45)37-26-23-31-11-4-5-14-35(31)29-37/h1-30H/i1D,2D,3D,6D,7D,8D,9D,12D,13D,15D,16D,17D,18D. The third kappa shape index (κ3) is 4.47. The summed E-state index contributed by atoms with van der Waals surface area (Å²) < 4.78 is 121. The van der Waals surface area contributed by atoms with E-state index in [4.69, 9.17) is 19.5 Å². The fourth-order valence-corrected chi connectivity index (χ4v) is 6.93. The molecule has 1 aromatic heterocycles. The van der Waals surface area contributed by atoms with Gasteiger partial charge in [-0.25, -0.2) is 0 Å². The first-order valence-electron chi connectivity index (χ1n) is 22.3. The molecule has 0 saturated carbocycles. The molecule has 0 fully saturated rings. The summed E-state index contributed by atoms with van der Waals surface area (Å²) in [5.41, 5.74) is 4.76. The molecule has 0 atom stereocenters. The monoisotopic (exact) mass is 635 g/mol. The van der Waals surface area contributed by atoms with Crippen molar-refractivity contribution in [2.75, 3.05) is 0 Å². The van der Waals surface area contributed by atoms with Gasteiger partial charge in [-0.05, 0) is 89.5 Å². The van der Waals surface area contributed by atoms with E-state index < -0.39 is 84.1 Å². The fraction of sp³-hybridized carbons (Fsp3) is 0. The number of rotatable bonds is 4. The van der Waals surface area contributed by atoms with E-state index in [2.05, 4.69) is 30.3 Å². The van der Waals surface area contributed by atoms with Crippen LogP contribution in [0, 0.1) is 0 Å². The van der Waals surface area contributed by atoms with E-state index in [-0.39, 0.29) is 32.7 Å². The normalized spacial score (nSPS) is 15.4. The minimum atomic E-state index is -0.712. The predicted molar refractivity (Wildman–Crippen MR) is 208 cm³/mol. The lowest BCUT2D eigenvalue weighted by molar-refractivity contribution is 0.670. The number of para-hydroxylation sites is 1. The SMILES string of the molecule is [2H]c1c([2H])c([2H])c(-c2c3c([2H])c([2H])c([2H])c([2H])c3c(-c3ccc(-c4ccc5oc6c(-c7ccc8ccccc8c7)cccc6c5c4)cc3)c3c([2H])c([2H])c([2H])c([2H])c23)c([2H])c1[2H]. The van der Waals surface area contributed by atoms with Gasteiger partial charge in [0.15, 0.2) is 0 Å². The second-order valence-corrected chi connectivity index (χ2v) is 11.9. The zero-order valence-electron chi connectivity index (χ0n) is 38.7. The molecule has 0 unspecified atom stereocenters. The maximum atomic E-state index is 9.22. The van der Waals surface area contributed by atoms with E-state index >= 15 is 0 Å². The molecule has 0 N–H and O–H groups in total. The van der Waals surface area contributed by atoms with Crippen molar-refractivity contribution >= 4 is 54.3 Å². The highest BCUT2D eigenvalue weighted by atomic mass is 16.3. The maximum absolute atomic E-state index is 9.22. The van der Waals surface area contributed by atoms with Gasteiger partial charge >= 0.3 is 0 Å². The van der Waals surface area contributed by atoms with Gasteiger partial charge in [-0.1, -0.05) is 163 Å². The number of hydrogen-bond donors (Lipinski definition) is 0. The van der Waals surface area contributed by atoms with Crippen LogP contribution in [0.1, 0.15) is 17.8 Å². The Labute approximate surface area is 302 Å². The summed E-state index contributed by atoms with van der Waals surface area (Å²) in [6.07, 6.45) is 0. The highest BCUT2D eigenvalue weighted by molar-refractivity contribution is 6.21. The zero-order chi connectivity index (χ0) is 43.6. The summed E-state index contributed by atoms with van der Waals surface area (Å²) >= 11 is 0. The van der Waals surface area contributed by atoms with Gasteiger partial charge in [0.05, 0.1) is 17.8 Å². The van der Waals surface area contributed by atoms with Crippen LogP contribution < -0.4 is 0 Å². The number of benzene rings is 9. The maximum Gasteiger partial charge on any atom is 0.143 e. The third-order valence-electron chi connectivity index (χ3n) is 9.19. The molecule has 0 amide bonds. The summed E-state index contributed by atoms with van der Waals surface area (Å²) in [6, 6.07) is 25.2. The van der Waals surface area contributed by atoms with Crippen LogP contribution in [0.15, 0.2) is 186 Å². The molecule has 1 nitrogen and oxygen atoms in total. The lowest BCUT2D eigenvalue weighted by Gasteiger charge is -2.18. The lowest BCUT2D eigenvalue weighted by atomic mass is 9.86. The summed E-state index contributed by atoms with van der Waals surface area (Å²) in [5.74, 6) is 0. The summed E-state index contributed by atoms with van der Waals surface area (Å²) in [5, 5.41) is 3.35. The van der Waals surface area contributed by atoms with Crippen molar-refractivity contribution in [3.8, 4) is 44.5 Å². The first-order valence-corrected chi connectivity index (χ1v) is 15.8. The van der Waals surface area contributed by atoms with Gasteiger partial charge < -0.3 is 4.42 Å². The van der Waals surface area contributed by atoms with Crippen LogP contribution in [0.25, 0.3) is 98.8 Å². The van der Waals surface area contributed by atoms with Crippen molar-refractivity contribution in [1.82, 2.24) is 0 Å². The molecular formula is C48H30O. The molecular weight excluding hydrogens is 593 g/mol. The van der Waals surface area contributed by atoms with Crippen LogP contribution in [-0.2, 0) is 0 Å². The Hall–Kier alpha value is -6.44. The Morgan fingerprint density at radius 2 is 0.959 bits per heavy atom. The van der Waals surface area contributed by atoms with Crippen molar-refractivity contribution in [1.29, 1.82) is 0 Å². The van der Waals surface area contributed by atoms with E-state index in [1.165, 1.54) is 0 Å². The molecule has 0 bridgehead atoms. The minimum absolute atomic E-state index is 0.0779. The molecule has 49 heavy (non-hydrogen) atoms. The first kappa shape index (κ1) is 17.6. The minimum Gasteiger partial charge on any atom is -0.455 e. The van der Waals surface area contributed by atoms with Crippen molar-refractivity contribution < 1.29 is 22.2 Å². The molecule has 10 rings (SSSR count). The molecule has 1 heterocycles. The topological polar surface area (TPSA) is 13.1 Å². The van der Waals surface area contributed by atoms with Gasteiger partial charge in [0.1, 0.15) is 11.2 Å². The number of furan rings is 1. The third-order valence-corrected chi connectivity index (χ3v) is 9.19. The molecule has 9 aromatic carbocycles. The Bertz CT molecular complexity index is 3500. The summed E-state index contributed by atoms with van der Waals surface area (Å²) in [6.45, 7) is 0. The summed E-state index contributed by atoms with van der Waals surface area (Å²) in [7, 11) is 0. The first-order chi connectivity index (χ1) is 29.7. The molecule has 10 aromatic rings. The molecule has 0 saturated heterocycles. The Morgan fingerprint density at radius 3 is 1.67 bits per heavy atom. The van der Waals surface area contributed by atoms with Crippen LogP contribution in [0.4, 0.5) is 0 Å². The van der Waals surface area contributed by atoms with Crippen molar-refractivity contribution in [2.45, 2.75) is 0 Å².